The minimum atomic E-state index is -1.12. The number of hydrogen-bond acceptors (Lipinski definition) is 3. The van der Waals surface area contributed by atoms with Crippen molar-refractivity contribution in [2.75, 3.05) is 26.3 Å². The summed E-state index contributed by atoms with van der Waals surface area (Å²) < 4.78 is 5.28. The maximum Gasteiger partial charge on any atom is 0.103 e. The molecule has 1 aromatic rings. The predicted octanol–water partition coefficient (Wildman–Crippen LogP) is -1.53. The summed E-state index contributed by atoms with van der Waals surface area (Å²) in [6.45, 7) is 4.58. The van der Waals surface area contributed by atoms with Gasteiger partial charge in [-0.3, -0.25) is 0 Å². The van der Waals surface area contributed by atoms with Gasteiger partial charge in [0.2, 0.25) is 0 Å². The lowest BCUT2D eigenvalue weighted by atomic mass is 10.1. The van der Waals surface area contributed by atoms with Gasteiger partial charge in [0.1, 0.15) is 19.6 Å². The van der Waals surface area contributed by atoms with Crippen LogP contribution in [0.3, 0.4) is 0 Å². The van der Waals surface area contributed by atoms with E-state index < -0.39 is 5.97 Å². The molecule has 1 aliphatic heterocycles. The number of morpholine rings is 1. The van der Waals surface area contributed by atoms with Gasteiger partial charge < -0.3 is 19.5 Å². The molecule has 1 heterocycles. The highest BCUT2D eigenvalue weighted by molar-refractivity contribution is 5.85. The average molecular weight is 221 g/mol. The number of carboxylic acids is 1. The van der Waals surface area contributed by atoms with Crippen LogP contribution in [0, 0.1) is 0 Å². The highest BCUT2D eigenvalue weighted by Crippen LogP contribution is 2.02. The van der Waals surface area contributed by atoms with E-state index in [2.05, 4.69) is 0 Å². The standard InChI is InChI=1S/C12H15NO3/c14-12(15)11-3-1-10(2-4-11)9-13-5-7-16-8-6-13/h1-4H,5-9H2,(H,14,15). The fourth-order valence-corrected chi connectivity index (χ4v) is 1.88. The third-order valence-corrected chi connectivity index (χ3v) is 2.84. The van der Waals surface area contributed by atoms with Crippen LogP contribution < -0.4 is 10.0 Å². The fourth-order valence-electron chi connectivity index (χ4n) is 1.88. The summed E-state index contributed by atoms with van der Waals surface area (Å²) in [5.41, 5.74) is 1.39. The highest BCUT2D eigenvalue weighted by atomic mass is 16.5. The normalized spacial score (nSPS) is 17.2. The Kier molecular flexibility index (Phi) is 3.54. The molecule has 1 aromatic carbocycles. The number of carboxylic acid groups (broad SMARTS) is 1. The number of carbonyl (C=O) groups excluding carboxylic acids is 1. The van der Waals surface area contributed by atoms with Crippen molar-refractivity contribution in [3.63, 3.8) is 0 Å². The summed E-state index contributed by atoms with van der Waals surface area (Å²) in [6.07, 6.45) is 0. The Balaban J connectivity index is 1.96. The number of hydrogen-bond donors (Lipinski definition) is 1. The maximum atomic E-state index is 10.6. The molecule has 0 bridgehead atoms. The zero-order valence-electron chi connectivity index (χ0n) is 9.07. The van der Waals surface area contributed by atoms with Crippen LogP contribution in [0.15, 0.2) is 24.3 Å². The molecule has 0 radical (unpaired) electrons. The van der Waals surface area contributed by atoms with Crippen LogP contribution >= 0.6 is 0 Å². The summed E-state index contributed by atoms with van der Waals surface area (Å²) in [5, 5.41) is 10.6. The first kappa shape index (κ1) is 11.1. The minimum absolute atomic E-state index is 0.237. The van der Waals surface area contributed by atoms with Gasteiger partial charge in [-0.1, -0.05) is 24.3 Å². The van der Waals surface area contributed by atoms with Crippen molar-refractivity contribution in [1.82, 2.24) is 0 Å². The lowest BCUT2D eigenvalue weighted by molar-refractivity contribution is -0.921. The highest BCUT2D eigenvalue weighted by Gasteiger charge is 2.13. The molecule has 1 aliphatic rings. The first-order chi connectivity index (χ1) is 7.75. The predicted molar refractivity (Wildman–Crippen MR) is 56.0 cm³/mol. The molecule has 0 aliphatic carbocycles. The molecule has 2 rings (SSSR count). The molecular formula is C12H15NO3. The van der Waals surface area contributed by atoms with Gasteiger partial charge >= 0.3 is 0 Å². The Labute approximate surface area is 94.4 Å². The van der Waals surface area contributed by atoms with E-state index in [1.54, 1.807) is 12.1 Å². The van der Waals surface area contributed by atoms with E-state index in [1.165, 1.54) is 4.90 Å². The monoisotopic (exact) mass is 221 g/mol. The second-order valence-electron chi connectivity index (χ2n) is 4.02. The molecule has 0 aromatic heterocycles. The van der Waals surface area contributed by atoms with Gasteiger partial charge in [-0.05, 0) is 5.56 Å². The van der Waals surface area contributed by atoms with Crippen LogP contribution in [-0.4, -0.2) is 32.3 Å². The van der Waals surface area contributed by atoms with Crippen molar-refractivity contribution in [2.45, 2.75) is 6.54 Å². The topological polar surface area (TPSA) is 53.8 Å². The van der Waals surface area contributed by atoms with E-state index in [4.69, 9.17) is 4.74 Å². The van der Waals surface area contributed by atoms with Crippen LogP contribution in [0.2, 0.25) is 0 Å². The van der Waals surface area contributed by atoms with Gasteiger partial charge in [-0.2, -0.15) is 0 Å². The SMILES string of the molecule is O=C([O-])c1ccc(C[NH+]2CCOCC2)cc1. The van der Waals surface area contributed by atoms with Crippen molar-refractivity contribution in [3.8, 4) is 0 Å². The second-order valence-corrected chi connectivity index (χ2v) is 4.02. The van der Waals surface area contributed by atoms with Crippen molar-refractivity contribution in [1.29, 1.82) is 0 Å². The van der Waals surface area contributed by atoms with E-state index in [-0.39, 0.29) is 5.56 Å². The van der Waals surface area contributed by atoms with Crippen molar-refractivity contribution in [3.05, 3.63) is 35.4 Å². The largest absolute Gasteiger partial charge is 0.545 e. The molecule has 0 spiro atoms. The molecule has 4 nitrogen and oxygen atoms in total. The van der Waals surface area contributed by atoms with Crippen LogP contribution in [0.5, 0.6) is 0 Å². The number of nitrogens with one attached hydrogen (secondary N) is 1. The zero-order chi connectivity index (χ0) is 11.4. The molecule has 16 heavy (non-hydrogen) atoms. The van der Waals surface area contributed by atoms with Crippen LogP contribution in [0.25, 0.3) is 0 Å². The van der Waals surface area contributed by atoms with Crippen molar-refractivity contribution >= 4 is 5.97 Å². The van der Waals surface area contributed by atoms with Crippen LogP contribution in [0.4, 0.5) is 0 Å². The van der Waals surface area contributed by atoms with Gasteiger partial charge in [-0.25, -0.2) is 0 Å². The number of carbonyl (C=O) groups is 1. The van der Waals surface area contributed by atoms with E-state index >= 15 is 0 Å². The summed E-state index contributed by atoms with van der Waals surface area (Å²) in [4.78, 5) is 12.0. The third-order valence-electron chi connectivity index (χ3n) is 2.84. The molecule has 1 fully saturated rings. The zero-order valence-corrected chi connectivity index (χ0v) is 9.07. The molecule has 1 saturated heterocycles. The van der Waals surface area contributed by atoms with Gasteiger partial charge in [0.15, 0.2) is 0 Å². The molecule has 4 heteroatoms. The smallest absolute Gasteiger partial charge is 0.103 e. The number of quaternary nitrogens is 1. The summed E-state index contributed by atoms with van der Waals surface area (Å²) >= 11 is 0. The Morgan fingerprint density at radius 1 is 1.25 bits per heavy atom. The second kappa shape index (κ2) is 5.09. The Morgan fingerprint density at radius 2 is 1.88 bits per heavy atom. The average Bonchev–Trinajstić information content (AvgIpc) is 2.31. The van der Waals surface area contributed by atoms with Crippen molar-refractivity contribution < 1.29 is 19.5 Å². The molecule has 0 unspecified atom stereocenters. The lowest BCUT2D eigenvalue weighted by Crippen LogP contribution is -3.12. The number of ether oxygens (including phenoxy) is 1. The first-order valence-corrected chi connectivity index (χ1v) is 5.47. The lowest BCUT2D eigenvalue weighted by Gasteiger charge is -2.23. The van der Waals surface area contributed by atoms with Crippen molar-refractivity contribution in [2.24, 2.45) is 0 Å². The minimum Gasteiger partial charge on any atom is -0.545 e. The van der Waals surface area contributed by atoms with Gasteiger partial charge in [-0.15, -0.1) is 0 Å². The third kappa shape index (κ3) is 2.81. The van der Waals surface area contributed by atoms with Gasteiger partial charge in [0, 0.05) is 5.56 Å². The Hall–Kier alpha value is -1.39. The fraction of sp³-hybridized carbons (Fsp3) is 0.417. The summed E-state index contributed by atoms with van der Waals surface area (Å²) in [6, 6.07) is 6.91. The maximum absolute atomic E-state index is 10.6. The van der Waals surface area contributed by atoms with Crippen LogP contribution in [-0.2, 0) is 11.3 Å². The number of rotatable bonds is 3. The van der Waals surface area contributed by atoms with Gasteiger partial charge in [0.25, 0.3) is 0 Å². The molecule has 0 atom stereocenters. The number of aromatic carboxylic acids is 1. The Morgan fingerprint density at radius 3 is 2.44 bits per heavy atom. The molecule has 86 valence electrons. The van der Waals surface area contributed by atoms with E-state index in [0.29, 0.717) is 0 Å². The summed E-state index contributed by atoms with van der Waals surface area (Å²) in [7, 11) is 0. The molecule has 0 amide bonds. The number of benzene rings is 1. The van der Waals surface area contributed by atoms with Crippen LogP contribution in [0.1, 0.15) is 15.9 Å². The van der Waals surface area contributed by atoms with E-state index in [0.717, 1.165) is 38.4 Å². The van der Waals surface area contributed by atoms with E-state index in [9.17, 15) is 9.90 Å². The molecule has 1 N–H and O–H groups in total. The summed E-state index contributed by atoms with van der Waals surface area (Å²) in [5.74, 6) is -1.12. The quantitative estimate of drug-likeness (QED) is 0.673. The molecule has 0 saturated carbocycles. The first-order valence-electron chi connectivity index (χ1n) is 5.47. The van der Waals surface area contributed by atoms with E-state index in [1.807, 2.05) is 12.1 Å². The Bertz CT molecular complexity index is 355. The van der Waals surface area contributed by atoms with Gasteiger partial charge in [0.05, 0.1) is 19.2 Å². The molecular weight excluding hydrogens is 206 g/mol.